The molecule has 1 aromatic heterocycles. The number of nitrogens with two attached hydrogens (primary N) is 1. The van der Waals surface area contributed by atoms with E-state index in [1.54, 1.807) is 0 Å². The molecule has 0 atom stereocenters. The average molecular weight is 332 g/mol. The number of halogens is 4. The van der Waals surface area contributed by atoms with Crippen LogP contribution in [0.25, 0.3) is 0 Å². The molecule has 0 spiro atoms. The second-order valence-corrected chi connectivity index (χ2v) is 4.74. The van der Waals surface area contributed by atoms with E-state index in [-0.39, 0.29) is 22.2 Å². The molecule has 0 unspecified atom stereocenters. The summed E-state index contributed by atoms with van der Waals surface area (Å²) in [5.74, 6) is 0.565. The lowest BCUT2D eigenvalue weighted by Crippen LogP contribution is -2.09. The number of nitrogen functional groups attached to an aromatic ring is 1. The Hall–Kier alpha value is -2.22. The van der Waals surface area contributed by atoms with Gasteiger partial charge in [0, 0.05) is 6.54 Å². The van der Waals surface area contributed by atoms with Gasteiger partial charge in [-0.15, -0.1) is 0 Å². The van der Waals surface area contributed by atoms with Crippen molar-refractivity contribution in [3.63, 3.8) is 0 Å². The van der Waals surface area contributed by atoms with Crippen LogP contribution in [-0.2, 0) is 6.18 Å². The molecule has 2 rings (SSSR count). The van der Waals surface area contributed by atoms with Gasteiger partial charge in [0.2, 0.25) is 0 Å². The number of nitrogens with one attached hydrogen (secondary N) is 2. The third-order valence-electron chi connectivity index (χ3n) is 2.77. The lowest BCUT2D eigenvalue weighted by atomic mass is 10.2. The number of anilines is 4. The maximum absolute atomic E-state index is 12.8. The Morgan fingerprint density at radius 2 is 1.91 bits per heavy atom. The molecule has 2 aromatic rings. The fourth-order valence-electron chi connectivity index (χ4n) is 1.73. The Morgan fingerprint density at radius 3 is 2.55 bits per heavy atom. The minimum atomic E-state index is -4.47. The van der Waals surface area contributed by atoms with Crippen LogP contribution in [0.4, 0.5) is 36.2 Å². The van der Waals surface area contributed by atoms with Crippen molar-refractivity contribution >= 4 is 34.6 Å². The molecule has 1 aromatic carbocycles. The van der Waals surface area contributed by atoms with Crippen LogP contribution in [0.15, 0.2) is 24.5 Å². The minimum Gasteiger partial charge on any atom is -0.393 e. The minimum absolute atomic E-state index is 0.0596. The smallest absolute Gasteiger partial charge is 0.393 e. The highest BCUT2D eigenvalue weighted by atomic mass is 35.5. The zero-order chi connectivity index (χ0) is 16.3. The second kappa shape index (κ2) is 6.27. The number of benzene rings is 1. The van der Waals surface area contributed by atoms with Gasteiger partial charge in [-0.05, 0) is 25.1 Å². The summed E-state index contributed by atoms with van der Waals surface area (Å²) in [5, 5.41) is 5.75. The van der Waals surface area contributed by atoms with Crippen molar-refractivity contribution in [3.05, 3.63) is 35.1 Å². The van der Waals surface area contributed by atoms with Crippen LogP contribution in [0, 0.1) is 0 Å². The molecule has 4 N–H and O–H groups in total. The summed E-state index contributed by atoms with van der Waals surface area (Å²) in [5.41, 5.74) is 5.31. The summed E-state index contributed by atoms with van der Waals surface area (Å²) in [6.45, 7) is 2.45. The van der Waals surface area contributed by atoms with E-state index in [0.717, 1.165) is 18.2 Å². The van der Waals surface area contributed by atoms with Crippen molar-refractivity contribution in [2.75, 3.05) is 22.9 Å². The van der Waals surface area contributed by atoms with E-state index in [9.17, 15) is 13.2 Å². The molecule has 9 heteroatoms. The quantitative estimate of drug-likeness (QED) is 0.792. The number of alkyl halides is 3. The largest absolute Gasteiger partial charge is 0.416 e. The summed E-state index contributed by atoms with van der Waals surface area (Å²) < 4.78 is 38.3. The predicted octanol–water partition coefficient (Wildman–Crippen LogP) is 3.91. The van der Waals surface area contributed by atoms with Crippen LogP contribution < -0.4 is 16.4 Å². The molecular weight excluding hydrogens is 319 g/mol. The van der Waals surface area contributed by atoms with Crippen molar-refractivity contribution in [3.8, 4) is 0 Å². The second-order valence-electron chi connectivity index (χ2n) is 4.33. The molecule has 0 amide bonds. The highest BCUT2D eigenvalue weighted by molar-refractivity contribution is 6.33. The Balaban J connectivity index is 2.37. The Bertz CT molecular complexity index is 675. The van der Waals surface area contributed by atoms with E-state index < -0.39 is 11.7 Å². The third-order valence-corrected chi connectivity index (χ3v) is 3.10. The molecule has 0 aliphatic rings. The first-order chi connectivity index (χ1) is 10.3. The normalized spacial score (nSPS) is 11.3. The van der Waals surface area contributed by atoms with Crippen LogP contribution in [0.2, 0.25) is 5.02 Å². The summed E-state index contributed by atoms with van der Waals surface area (Å²) >= 11 is 5.92. The summed E-state index contributed by atoms with van der Waals surface area (Å²) in [4.78, 5) is 7.87. The molecule has 1 heterocycles. The van der Waals surface area contributed by atoms with E-state index in [0.29, 0.717) is 12.4 Å². The van der Waals surface area contributed by atoms with Crippen LogP contribution in [-0.4, -0.2) is 16.5 Å². The van der Waals surface area contributed by atoms with E-state index >= 15 is 0 Å². The number of rotatable bonds is 4. The highest BCUT2D eigenvalue weighted by Crippen LogP contribution is 2.35. The van der Waals surface area contributed by atoms with Crippen molar-refractivity contribution in [1.82, 2.24) is 9.97 Å². The number of nitrogens with zero attached hydrogens (tertiary/aromatic N) is 2. The molecule has 0 fully saturated rings. The van der Waals surface area contributed by atoms with E-state index in [1.807, 2.05) is 6.92 Å². The maximum atomic E-state index is 12.8. The monoisotopic (exact) mass is 331 g/mol. The fourth-order valence-corrected chi connectivity index (χ4v) is 1.89. The van der Waals surface area contributed by atoms with Crippen LogP contribution >= 0.6 is 11.6 Å². The lowest BCUT2D eigenvalue weighted by Gasteiger charge is -2.14. The lowest BCUT2D eigenvalue weighted by molar-refractivity contribution is -0.137. The van der Waals surface area contributed by atoms with Crippen LogP contribution in [0.5, 0.6) is 0 Å². The third kappa shape index (κ3) is 3.51. The average Bonchev–Trinajstić information content (AvgIpc) is 2.44. The first-order valence-electron chi connectivity index (χ1n) is 6.31. The van der Waals surface area contributed by atoms with Gasteiger partial charge in [0.25, 0.3) is 0 Å². The number of aromatic nitrogens is 2. The molecule has 118 valence electrons. The summed E-state index contributed by atoms with van der Waals surface area (Å²) in [6.07, 6.45) is -3.22. The maximum Gasteiger partial charge on any atom is 0.416 e. The van der Waals surface area contributed by atoms with Gasteiger partial charge >= 0.3 is 6.18 Å². The SMILES string of the molecule is CCNc1ncnc(Nc2cc(C(F)(F)F)ccc2Cl)c1N. The first kappa shape index (κ1) is 16.2. The van der Waals surface area contributed by atoms with Gasteiger partial charge in [-0.2, -0.15) is 13.2 Å². The van der Waals surface area contributed by atoms with Gasteiger partial charge in [0.1, 0.15) is 12.0 Å². The topological polar surface area (TPSA) is 75.9 Å². The Morgan fingerprint density at radius 1 is 1.23 bits per heavy atom. The molecule has 22 heavy (non-hydrogen) atoms. The fraction of sp³-hybridized carbons (Fsp3) is 0.231. The van der Waals surface area contributed by atoms with Crippen molar-refractivity contribution in [2.24, 2.45) is 0 Å². The summed E-state index contributed by atoms with van der Waals surface area (Å²) in [6, 6.07) is 2.97. The number of hydrogen-bond acceptors (Lipinski definition) is 5. The molecule has 0 aliphatic carbocycles. The van der Waals surface area contributed by atoms with Crippen LogP contribution in [0.3, 0.4) is 0 Å². The summed E-state index contributed by atoms with van der Waals surface area (Å²) in [7, 11) is 0. The van der Waals surface area contributed by atoms with Crippen molar-refractivity contribution in [2.45, 2.75) is 13.1 Å². The molecule has 0 aliphatic heterocycles. The zero-order valence-electron chi connectivity index (χ0n) is 11.5. The van der Waals surface area contributed by atoms with E-state index in [2.05, 4.69) is 20.6 Å². The first-order valence-corrected chi connectivity index (χ1v) is 6.68. The standard InChI is InChI=1S/C13H13ClF3N5/c1-2-19-11-10(18)12(21-6-20-11)22-9-5-7(13(15,16)17)3-4-8(9)14/h3-6H,2,18H2,1H3,(H2,19,20,21,22). The van der Waals surface area contributed by atoms with Gasteiger partial charge in [-0.1, -0.05) is 11.6 Å². The molecule has 0 bridgehead atoms. The number of hydrogen-bond donors (Lipinski definition) is 3. The molecule has 0 radical (unpaired) electrons. The van der Waals surface area contributed by atoms with Gasteiger partial charge in [-0.25, -0.2) is 9.97 Å². The molecular formula is C13H13ClF3N5. The molecule has 0 saturated heterocycles. The van der Waals surface area contributed by atoms with E-state index in [4.69, 9.17) is 17.3 Å². The molecule has 0 saturated carbocycles. The van der Waals surface area contributed by atoms with Gasteiger partial charge < -0.3 is 16.4 Å². The predicted molar refractivity (Wildman–Crippen MR) is 80.3 cm³/mol. The van der Waals surface area contributed by atoms with Crippen molar-refractivity contribution < 1.29 is 13.2 Å². The van der Waals surface area contributed by atoms with Crippen molar-refractivity contribution in [1.29, 1.82) is 0 Å². The van der Waals surface area contributed by atoms with Crippen LogP contribution in [0.1, 0.15) is 12.5 Å². The van der Waals surface area contributed by atoms with Gasteiger partial charge in [-0.3, -0.25) is 0 Å². The molecule has 5 nitrogen and oxygen atoms in total. The Kier molecular flexibility index (Phi) is 4.60. The van der Waals surface area contributed by atoms with Gasteiger partial charge in [0.05, 0.1) is 16.3 Å². The van der Waals surface area contributed by atoms with E-state index in [1.165, 1.54) is 6.33 Å². The zero-order valence-corrected chi connectivity index (χ0v) is 12.3. The van der Waals surface area contributed by atoms with Gasteiger partial charge in [0.15, 0.2) is 11.6 Å². The highest BCUT2D eigenvalue weighted by Gasteiger charge is 2.31. The Labute approximate surface area is 129 Å².